The molecule has 3 aromatic rings. The Morgan fingerprint density at radius 1 is 1.17 bits per heavy atom. The number of benzene rings is 2. The lowest BCUT2D eigenvalue weighted by atomic mass is 10.1. The Balaban J connectivity index is 1.78. The lowest BCUT2D eigenvalue weighted by Crippen LogP contribution is -1.99. The second kappa shape index (κ2) is 6.91. The third-order valence-corrected chi connectivity index (χ3v) is 3.62. The molecule has 0 amide bonds. The van der Waals surface area contributed by atoms with Crippen LogP contribution >= 0.6 is 0 Å². The number of ether oxygens (including phenoxy) is 1. The highest BCUT2D eigenvalue weighted by Gasteiger charge is 2.09. The van der Waals surface area contributed by atoms with Crippen LogP contribution in [0.4, 0.5) is 0 Å². The van der Waals surface area contributed by atoms with Gasteiger partial charge in [-0.15, -0.1) is 0 Å². The minimum atomic E-state index is -0.0871. The summed E-state index contributed by atoms with van der Waals surface area (Å²) in [6, 6.07) is 13.3. The molecule has 0 bridgehead atoms. The lowest BCUT2D eigenvalue weighted by Gasteiger charge is -2.06. The zero-order chi connectivity index (χ0) is 16.9. The number of carbonyl (C=O) groups excluding carboxylic acids is 1. The summed E-state index contributed by atoms with van der Waals surface area (Å²) in [7, 11) is 1.56. The van der Waals surface area contributed by atoms with E-state index < -0.39 is 0 Å². The van der Waals surface area contributed by atoms with Crippen molar-refractivity contribution in [2.75, 3.05) is 7.11 Å². The van der Waals surface area contributed by atoms with E-state index in [4.69, 9.17) is 4.74 Å². The number of hydrogen-bond acceptors (Lipinski definition) is 4. The van der Waals surface area contributed by atoms with E-state index in [0.717, 1.165) is 16.8 Å². The third kappa shape index (κ3) is 3.41. The van der Waals surface area contributed by atoms with Crippen LogP contribution in [0.15, 0.2) is 61.2 Å². The molecule has 0 aliphatic carbocycles. The fraction of sp³-hybridized carbons (Fsp3) is 0.105. The Bertz CT molecular complexity index is 866. The van der Waals surface area contributed by atoms with Crippen molar-refractivity contribution in [1.29, 1.82) is 0 Å². The van der Waals surface area contributed by atoms with Gasteiger partial charge >= 0.3 is 0 Å². The highest BCUT2D eigenvalue weighted by molar-refractivity contribution is 6.08. The van der Waals surface area contributed by atoms with Gasteiger partial charge in [-0.25, -0.2) is 9.67 Å². The number of rotatable bonds is 5. The van der Waals surface area contributed by atoms with E-state index in [9.17, 15) is 4.79 Å². The van der Waals surface area contributed by atoms with Gasteiger partial charge in [-0.2, -0.15) is 5.10 Å². The van der Waals surface area contributed by atoms with Crippen molar-refractivity contribution in [1.82, 2.24) is 14.8 Å². The third-order valence-electron chi connectivity index (χ3n) is 3.62. The van der Waals surface area contributed by atoms with Gasteiger partial charge in [0.2, 0.25) is 0 Å². The minimum absolute atomic E-state index is 0.0871. The predicted octanol–water partition coefficient (Wildman–Crippen LogP) is 3.48. The summed E-state index contributed by atoms with van der Waals surface area (Å²) in [4.78, 5) is 16.3. The van der Waals surface area contributed by atoms with E-state index in [1.54, 1.807) is 30.3 Å². The maximum Gasteiger partial charge on any atom is 0.189 e. The van der Waals surface area contributed by atoms with Crippen LogP contribution in [0, 0.1) is 6.92 Å². The standard InChI is InChI=1S/C19H17N3O2/c1-14-3-10-19(24-2)17(11-14)18(23)9-6-15-4-7-16(8-5-15)22-13-20-12-21-22/h3-13H,1-2H3/b9-6+. The summed E-state index contributed by atoms with van der Waals surface area (Å²) in [5, 5.41) is 4.08. The highest BCUT2D eigenvalue weighted by Crippen LogP contribution is 2.21. The highest BCUT2D eigenvalue weighted by atomic mass is 16.5. The molecule has 0 atom stereocenters. The van der Waals surface area contributed by atoms with Crippen LogP contribution in [0.2, 0.25) is 0 Å². The molecule has 0 aliphatic rings. The fourth-order valence-electron chi connectivity index (χ4n) is 2.36. The number of carbonyl (C=O) groups is 1. The molecule has 5 heteroatoms. The number of hydrogen-bond donors (Lipinski definition) is 0. The van der Waals surface area contributed by atoms with Crippen molar-refractivity contribution >= 4 is 11.9 Å². The monoisotopic (exact) mass is 319 g/mol. The molecule has 24 heavy (non-hydrogen) atoms. The quantitative estimate of drug-likeness (QED) is 0.533. The van der Waals surface area contributed by atoms with Crippen LogP contribution in [-0.4, -0.2) is 27.7 Å². The maximum atomic E-state index is 12.4. The van der Waals surface area contributed by atoms with Gasteiger partial charge < -0.3 is 4.74 Å². The number of nitrogens with zero attached hydrogens (tertiary/aromatic N) is 3. The van der Waals surface area contributed by atoms with Crippen molar-refractivity contribution in [2.45, 2.75) is 6.92 Å². The Kier molecular flexibility index (Phi) is 4.52. The number of aryl methyl sites for hydroxylation is 1. The Labute approximate surface area is 140 Å². The first kappa shape index (κ1) is 15.7. The van der Waals surface area contributed by atoms with Crippen LogP contribution in [0.1, 0.15) is 21.5 Å². The minimum Gasteiger partial charge on any atom is -0.496 e. The summed E-state index contributed by atoms with van der Waals surface area (Å²) in [5.74, 6) is 0.493. The molecule has 0 saturated heterocycles. The summed E-state index contributed by atoms with van der Waals surface area (Å²) >= 11 is 0. The Hall–Kier alpha value is -3.21. The van der Waals surface area contributed by atoms with Crippen molar-refractivity contribution in [3.05, 3.63) is 77.9 Å². The average molecular weight is 319 g/mol. The van der Waals surface area contributed by atoms with Gasteiger partial charge in [-0.3, -0.25) is 4.79 Å². The van der Waals surface area contributed by atoms with Crippen LogP contribution in [0.25, 0.3) is 11.8 Å². The van der Waals surface area contributed by atoms with Gasteiger partial charge in [0.25, 0.3) is 0 Å². The molecule has 0 spiro atoms. The van der Waals surface area contributed by atoms with E-state index in [2.05, 4.69) is 10.1 Å². The first-order valence-electron chi connectivity index (χ1n) is 7.49. The molecule has 0 radical (unpaired) electrons. The Morgan fingerprint density at radius 3 is 2.62 bits per heavy atom. The van der Waals surface area contributed by atoms with Crippen LogP contribution in [-0.2, 0) is 0 Å². The van der Waals surface area contributed by atoms with Gasteiger partial charge in [-0.1, -0.05) is 29.8 Å². The smallest absolute Gasteiger partial charge is 0.189 e. The molecule has 0 saturated carbocycles. The molecule has 2 aromatic carbocycles. The topological polar surface area (TPSA) is 57.0 Å². The van der Waals surface area contributed by atoms with E-state index in [1.807, 2.05) is 49.4 Å². The molecule has 0 unspecified atom stereocenters. The van der Waals surface area contributed by atoms with Gasteiger partial charge in [0.1, 0.15) is 18.4 Å². The van der Waals surface area contributed by atoms with E-state index in [0.29, 0.717) is 11.3 Å². The SMILES string of the molecule is COc1ccc(C)cc1C(=O)/C=C/c1ccc(-n2cncn2)cc1. The predicted molar refractivity (Wildman–Crippen MR) is 92.5 cm³/mol. The molecule has 3 rings (SSSR count). The van der Waals surface area contributed by atoms with Crippen molar-refractivity contribution in [3.8, 4) is 11.4 Å². The van der Waals surface area contributed by atoms with Gasteiger partial charge in [-0.05, 0) is 42.8 Å². The zero-order valence-electron chi connectivity index (χ0n) is 13.5. The average Bonchev–Trinajstić information content (AvgIpc) is 3.14. The van der Waals surface area contributed by atoms with E-state index in [1.165, 1.54) is 6.33 Å². The number of allylic oxidation sites excluding steroid dienone is 1. The van der Waals surface area contributed by atoms with Crippen molar-refractivity contribution in [3.63, 3.8) is 0 Å². The zero-order valence-corrected chi connectivity index (χ0v) is 13.5. The molecular formula is C19H17N3O2. The van der Waals surface area contributed by atoms with Gasteiger partial charge in [0, 0.05) is 0 Å². The van der Waals surface area contributed by atoms with E-state index in [-0.39, 0.29) is 5.78 Å². The number of ketones is 1. The molecular weight excluding hydrogens is 302 g/mol. The molecule has 0 aliphatic heterocycles. The lowest BCUT2D eigenvalue weighted by molar-refractivity contribution is 0.104. The molecule has 1 heterocycles. The first-order valence-corrected chi connectivity index (χ1v) is 7.49. The molecule has 120 valence electrons. The summed E-state index contributed by atoms with van der Waals surface area (Å²) in [5.41, 5.74) is 3.42. The number of aromatic nitrogens is 3. The van der Waals surface area contributed by atoms with Gasteiger partial charge in [0.15, 0.2) is 5.78 Å². The number of methoxy groups -OCH3 is 1. The van der Waals surface area contributed by atoms with Gasteiger partial charge in [0.05, 0.1) is 18.4 Å². The molecule has 5 nitrogen and oxygen atoms in total. The van der Waals surface area contributed by atoms with Crippen LogP contribution in [0.3, 0.4) is 0 Å². The largest absolute Gasteiger partial charge is 0.496 e. The summed E-state index contributed by atoms with van der Waals surface area (Å²) < 4.78 is 6.94. The Morgan fingerprint density at radius 2 is 1.96 bits per heavy atom. The van der Waals surface area contributed by atoms with E-state index >= 15 is 0 Å². The fourth-order valence-corrected chi connectivity index (χ4v) is 2.36. The van der Waals surface area contributed by atoms with Crippen molar-refractivity contribution < 1.29 is 9.53 Å². The maximum absolute atomic E-state index is 12.4. The van der Waals surface area contributed by atoms with Crippen molar-refractivity contribution in [2.24, 2.45) is 0 Å². The summed E-state index contributed by atoms with van der Waals surface area (Å²) in [6.07, 6.45) is 6.47. The molecule has 1 aromatic heterocycles. The van der Waals surface area contributed by atoms with Crippen LogP contribution < -0.4 is 4.74 Å². The molecule has 0 fully saturated rings. The second-order valence-corrected chi connectivity index (χ2v) is 5.33. The summed E-state index contributed by atoms with van der Waals surface area (Å²) in [6.45, 7) is 1.95. The second-order valence-electron chi connectivity index (χ2n) is 5.33. The first-order chi connectivity index (χ1) is 11.7. The molecule has 0 N–H and O–H groups in total. The van der Waals surface area contributed by atoms with Crippen LogP contribution in [0.5, 0.6) is 5.75 Å². The normalized spacial score (nSPS) is 10.9.